The summed E-state index contributed by atoms with van der Waals surface area (Å²) >= 11 is 0. The maximum Gasteiger partial charge on any atom is 0.316 e. The molecule has 0 heterocycles. The van der Waals surface area contributed by atoms with E-state index >= 15 is 0 Å². The number of nitrogens with two attached hydrogens (primary N) is 1. The van der Waals surface area contributed by atoms with E-state index in [-0.39, 0.29) is 0 Å². The van der Waals surface area contributed by atoms with Gasteiger partial charge in [0.2, 0.25) is 0 Å². The van der Waals surface area contributed by atoms with Crippen molar-refractivity contribution in [1.82, 2.24) is 5.32 Å². The molecule has 0 unspecified atom stereocenters. The van der Waals surface area contributed by atoms with Gasteiger partial charge in [-0.25, -0.2) is 4.79 Å². The average molecular weight is 168 g/mol. The van der Waals surface area contributed by atoms with E-state index in [4.69, 9.17) is 5.73 Å². The highest BCUT2D eigenvalue weighted by molar-refractivity contribution is 5.74. The Morgan fingerprint density at radius 3 is 2.50 bits per heavy atom. The molecule has 0 bridgehead atoms. The molecule has 0 fully saturated rings. The molecule has 0 spiro atoms. The Morgan fingerprint density at radius 2 is 2.08 bits per heavy atom. The zero-order valence-corrected chi connectivity index (χ0v) is 7.63. The third kappa shape index (κ3) is 5.53. The monoisotopic (exact) mass is 168 g/mol. The summed E-state index contributed by atoms with van der Waals surface area (Å²) in [6, 6.07) is -0.518. The first-order valence-corrected chi connectivity index (χ1v) is 4.13. The molecule has 0 aromatic rings. The number of hydrogen-bond acceptors (Lipinski definition) is 1. The number of carbonyl (C=O) groups excluding carboxylic acids is 1. The summed E-state index contributed by atoms with van der Waals surface area (Å²) in [6.07, 6.45) is 7.56. The summed E-state index contributed by atoms with van der Waals surface area (Å²) in [5.74, 6) is 0. The first kappa shape index (κ1) is 10.8. The van der Waals surface area contributed by atoms with Crippen molar-refractivity contribution < 1.29 is 4.79 Å². The minimum absolute atomic E-state index is 0.518. The van der Waals surface area contributed by atoms with E-state index in [1.165, 1.54) is 0 Å². The van der Waals surface area contributed by atoms with Gasteiger partial charge in [0.25, 0.3) is 0 Å². The zero-order chi connectivity index (χ0) is 9.40. The van der Waals surface area contributed by atoms with Crippen molar-refractivity contribution in [2.24, 2.45) is 5.73 Å². The SMILES string of the molecule is CC/C=C\C(=C/CC)NC(N)=O. The van der Waals surface area contributed by atoms with Crippen molar-refractivity contribution in [2.75, 3.05) is 0 Å². The van der Waals surface area contributed by atoms with Gasteiger partial charge in [0.1, 0.15) is 0 Å². The van der Waals surface area contributed by atoms with Gasteiger partial charge in [-0.2, -0.15) is 0 Å². The quantitative estimate of drug-likeness (QED) is 0.619. The van der Waals surface area contributed by atoms with Crippen molar-refractivity contribution in [1.29, 1.82) is 0 Å². The minimum atomic E-state index is -0.518. The molecule has 0 radical (unpaired) electrons. The normalized spacial score (nSPS) is 12.0. The summed E-state index contributed by atoms with van der Waals surface area (Å²) < 4.78 is 0. The Kier molecular flexibility index (Phi) is 5.79. The van der Waals surface area contributed by atoms with Crippen LogP contribution in [0, 0.1) is 0 Å². The van der Waals surface area contributed by atoms with Crippen LogP contribution in [0.3, 0.4) is 0 Å². The summed E-state index contributed by atoms with van der Waals surface area (Å²) in [6.45, 7) is 4.03. The lowest BCUT2D eigenvalue weighted by atomic mass is 10.3. The molecule has 3 nitrogen and oxygen atoms in total. The summed E-state index contributed by atoms with van der Waals surface area (Å²) in [5, 5.41) is 2.53. The van der Waals surface area contributed by atoms with Crippen LogP contribution in [0.2, 0.25) is 0 Å². The van der Waals surface area contributed by atoms with Gasteiger partial charge < -0.3 is 11.1 Å². The van der Waals surface area contributed by atoms with Gasteiger partial charge in [0, 0.05) is 5.70 Å². The van der Waals surface area contributed by atoms with Crippen molar-refractivity contribution in [3.63, 3.8) is 0 Å². The number of allylic oxidation sites excluding steroid dienone is 3. The van der Waals surface area contributed by atoms with Gasteiger partial charge in [-0.15, -0.1) is 0 Å². The van der Waals surface area contributed by atoms with E-state index in [2.05, 4.69) is 5.32 Å². The van der Waals surface area contributed by atoms with Crippen LogP contribution in [0.4, 0.5) is 4.79 Å². The molecule has 0 saturated heterocycles. The Hall–Kier alpha value is -1.25. The molecule has 0 aromatic heterocycles. The lowest BCUT2D eigenvalue weighted by Gasteiger charge is -2.00. The van der Waals surface area contributed by atoms with E-state index in [0.29, 0.717) is 0 Å². The van der Waals surface area contributed by atoms with E-state index in [1.807, 2.05) is 32.1 Å². The first-order valence-electron chi connectivity index (χ1n) is 4.13. The molecule has 0 atom stereocenters. The minimum Gasteiger partial charge on any atom is -0.351 e. The van der Waals surface area contributed by atoms with Gasteiger partial charge in [-0.05, 0) is 18.9 Å². The van der Waals surface area contributed by atoms with Crippen LogP contribution < -0.4 is 11.1 Å². The van der Waals surface area contributed by atoms with Crippen LogP contribution in [0.1, 0.15) is 26.7 Å². The van der Waals surface area contributed by atoms with Gasteiger partial charge in [0.05, 0.1) is 0 Å². The highest BCUT2D eigenvalue weighted by Gasteiger charge is 1.93. The lowest BCUT2D eigenvalue weighted by molar-refractivity contribution is 0.251. The largest absolute Gasteiger partial charge is 0.351 e. The predicted octanol–water partition coefficient (Wildman–Crippen LogP) is 1.91. The molecular formula is C9H16N2O. The molecule has 0 aliphatic rings. The number of hydrogen-bond donors (Lipinski definition) is 2. The Balaban J connectivity index is 4.14. The zero-order valence-electron chi connectivity index (χ0n) is 7.63. The van der Waals surface area contributed by atoms with Crippen molar-refractivity contribution in [2.45, 2.75) is 26.7 Å². The number of carbonyl (C=O) groups is 1. The molecule has 0 saturated carbocycles. The molecule has 68 valence electrons. The third-order valence-corrected chi connectivity index (χ3v) is 1.22. The van der Waals surface area contributed by atoms with Crippen LogP contribution in [-0.4, -0.2) is 6.03 Å². The molecule has 0 aromatic carbocycles. The highest BCUT2D eigenvalue weighted by Crippen LogP contribution is 1.95. The molecular weight excluding hydrogens is 152 g/mol. The second-order valence-electron chi connectivity index (χ2n) is 2.37. The summed E-state index contributed by atoms with van der Waals surface area (Å²) in [4.78, 5) is 10.5. The molecule has 0 aliphatic carbocycles. The van der Waals surface area contributed by atoms with Crippen molar-refractivity contribution in [3.8, 4) is 0 Å². The fraction of sp³-hybridized carbons (Fsp3) is 0.444. The van der Waals surface area contributed by atoms with Crippen molar-refractivity contribution >= 4 is 6.03 Å². The van der Waals surface area contributed by atoms with Gasteiger partial charge in [-0.3, -0.25) is 0 Å². The standard InChI is InChI=1S/C9H16N2O/c1-3-5-7-8(6-4-2)11-9(10)12/h5-7H,3-4H2,1-2H3,(H3,10,11,12)/b7-5-,8-6+. The Bertz CT molecular complexity index is 195. The number of rotatable bonds is 4. The van der Waals surface area contributed by atoms with Crippen LogP contribution in [0.15, 0.2) is 23.9 Å². The number of amides is 2. The number of urea groups is 1. The number of primary amides is 1. The lowest BCUT2D eigenvalue weighted by Crippen LogP contribution is -2.27. The molecule has 3 N–H and O–H groups in total. The molecule has 12 heavy (non-hydrogen) atoms. The van der Waals surface area contributed by atoms with E-state index in [1.54, 1.807) is 0 Å². The van der Waals surface area contributed by atoms with Gasteiger partial charge >= 0.3 is 6.03 Å². The molecule has 2 amide bonds. The maximum atomic E-state index is 10.5. The topological polar surface area (TPSA) is 55.1 Å². The highest BCUT2D eigenvalue weighted by atomic mass is 16.2. The Morgan fingerprint density at radius 1 is 1.42 bits per heavy atom. The average Bonchev–Trinajstić information content (AvgIpc) is 2.00. The maximum absolute atomic E-state index is 10.5. The molecule has 0 aliphatic heterocycles. The number of nitrogens with one attached hydrogen (secondary N) is 1. The van der Waals surface area contributed by atoms with Crippen LogP contribution in [0.25, 0.3) is 0 Å². The van der Waals surface area contributed by atoms with Crippen LogP contribution in [-0.2, 0) is 0 Å². The smallest absolute Gasteiger partial charge is 0.316 e. The predicted molar refractivity (Wildman–Crippen MR) is 50.5 cm³/mol. The van der Waals surface area contributed by atoms with Crippen molar-refractivity contribution in [3.05, 3.63) is 23.9 Å². The summed E-state index contributed by atoms with van der Waals surface area (Å²) in [7, 11) is 0. The molecule has 0 rings (SSSR count). The first-order chi connectivity index (χ1) is 5.70. The van der Waals surface area contributed by atoms with E-state index in [9.17, 15) is 4.79 Å². The second-order valence-corrected chi connectivity index (χ2v) is 2.37. The van der Waals surface area contributed by atoms with E-state index < -0.39 is 6.03 Å². The van der Waals surface area contributed by atoms with Crippen LogP contribution >= 0.6 is 0 Å². The van der Waals surface area contributed by atoms with Gasteiger partial charge in [-0.1, -0.05) is 26.0 Å². The van der Waals surface area contributed by atoms with Gasteiger partial charge in [0.15, 0.2) is 0 Å². The van der Waals surface area contributed by atoms with Crippen LogP contribution in [0.5, 0.6) is 0 Å². The summed E-state index contributed by atoms with van der Waals surface area (Å²) in [5.41, 5.74) is 5.74. The fourth-order valence-corrected chi connectivity index (χ4v) is 0.768. The fourth-order valence-electron chi connectivity index (χ4n) is 0.768. The third-order valence-electron chi connectivity index (χ3n) is 1.22. The Labute approximate surface area is 73.3 Å². The molecule has 3 heteroatoms. The second kappa shape index (κ2) is 6.46. The van der Waals surface area contributed by atoms with E-state index in [0.717, 1.165) is 18.5 Å².